The van der Waals surface area contributed by atoms with E-state index in [0.717, 1.165) is 0 Å². The monoisotopic (exact) mass is 151 g/mol. The van der Waals surface area contributed by atoms with Crippen molar-refractivity contribution in [3.8, 4) is 0 Å². The van der Waals surface area contributed by atoms with Crippen molar-refractivity contribution < 1.29 is 4.79 Å². The highest BCUT2D eigenvalue weighted by Crippen LogP contribution is 2.17. The molecular weight excluding hydrogens is 142 g/mol. The van der Waals surface area contributed by atoms with Gasteiger partial charge in [-0.25, -0.2) is 0 Å². The molecule has 4 heteroatoms. The van der Waals surface area contributed by atoms with Crippen LogP contribution < -0.4 is 5.73 Å². The van der Waals surface area contributed by atoms with Gasteiger partial charge >= 0.3 is 0 Å². The molecule has 0 rings (SSSR count). The summed E-state index contributed by atoms with van der Waals surface area (Å²) in [4.78, 5) is 10.5. The molecule has 0 atom stereocenters. The minimum atomic E-state index is -0.931. The Morgan fingerprint density at radius 2 is 2.12 bits per heavy atom. The summed E-state index contributed by atoms with van der Waals surface area (Å²) in [6, 6.07) is 0. The van der Waals surface area contributed by atoms with E-state index in [9.17, 15) is 4.79 Å². The standard InChI is InChI=1S/C4H9NOS2/c1-3(6)4(7,8)2-5/h7-8H,2,5H2,1H3. The molecule has 0 unspecified atom stereocenters. The molecule has 0 amide bonds. The third kappa shape index (κ3) is 2.07. The summed E-state index contributed by atoms with van der Waals surface area (Å²) >= 11 is 7.74. The van der Waals surface area contributed by atoms with E-state index in [-0.39, 0.29) is 12.3 Å². The summed E-state index contributed by atoms with van der Waals surface area (Å²) in [6.07, 6.45) is 0. The molecule has 0 aliphatic rings. The molecule has 8 heavy (non-hydrogen) atoms. The SMILES string of the molecule is CC(=O)C(S)(S)CN. The zero-order valence-electron chi connectivity index (χ0n) is 4.59. The fraction of sp³-hybridized carbons (Fsp3) is 0.750. The van der Waals surface area contributed by atoms with Gasteiger partial charge in [0.15, 0.2) is 5.78 Å². The summed E-state index contributed by atoms with van der Waals surface area (Å²) in [5.41, 5.74) is 5.13. The van der Waals surface area contributed by atoms with E-state index in [1.807, 2.05) is 0 Å². The molecule has 2 N–H and O–H groups in total. The molecule has 0 spiro atoms. The number of hydrogen-bond acceptors (Lipinski definition) is 4. The number of ketones is 1. The highest BCUT2D eigenvalue weighted by Gasteiger charge is 2.23. The van der Waals surface area contributed by atoms with Crippen LogP contribution >= 0.6 is 25.3 Å². The molecule has 0 radical (unpaired) electrons. The lowest BCUT2D eigenvalue weighted by molar-refractivity contribution is -0.117. The highest BCUT2D eigenvalue weighted by atomic mass is 32.2. The van der Waals surface area contributed by atoms with Crippen LogP contribution in [0, 0.1) is 0 Å². The van der Waals surface area contributed by atoms with E-state index in [1.54, 1.807) is 0 Å². The van der Waals surface area contributed by atoms with Gasteiger partial charge in [0, 0.05) is 6.54 Å². The predicted molar refractivity (Wildman–Crippen MR) is 40.4 cm³/mol. The zero-order valence-corrected chi connectivity index (χ0v) is 6.38. The third-order valence-electron chi connectivity index (χ3n) is 0.848. The minimum Gasteiger partial charge on any atom is -0.328 e. The van der Waals surface area contributed by atoms with Gasteiger partial charge in [-0.05, 0) is 6.92 Å². The number of nitrogens with two attached hydrogens (primary N) is 1. The van der Waals surface area contributed by atoms with Crippen molar-refractivity contribution in [3.63, 3.8) is 0 Å². The Morgan fingerprint density at radius 3 is 2.12 bits per heavy atom. The van der Waals surface area contributed by atoms with Crippen LogP contribution in [0.3, 0.4) is 0 Å². The van der Waals surface area contributed by atoms with Gasteiger partial charge in [-0.2, -0.15) is 25.3 Å². The van der Waals surface area contributed by atoms with Crippen molar-refractivity contribution in [2.45, 2.75) is 11.0 Å². The molecule has 0 aromatic carbocycles. The van der Waals surface area contributed by atoms with Crippen LogP contribution in [-0.2, 0) is 4.79 Å². The van der Waals surface area contributed by atoms with Crippen molar-refractivity contribution in [1.82, 2.24) is 0 Å². The second-order valence-corrected chi connectivity index (χ2v) is 3.46. The first-order chi connectivity index (χ1) is 3.50. The molecule has 48 valence electrons. The van der Waals surface area contributed by atoms with Crippen LogP contribution in [0.1, 0.15) is 6.92 Å². The van der Waals surface area contributed by atoms with Gasteiger partial charge in [0.05, 0.1) is 0 Å². The largest absolute Gasteiger partial charge is 0.328 e. The smallest absolute Gasteiger partial charge is 0.156 e. The van der Waals surface area contributed by atoms with Crippen LogP contribution in [0.5, 0.6) is 0 Å². The van der Waals surface area contributed by atoms with E-state index in [2.05, 4.69) is 25.3 Å². The second-order valence-electron chi connectivity index (χ2n) is 1.58. The molecule has 0 aliphatic carbocycles. The van der Waals surface area contributed by atoms with E-state index < -0.39 is 4.08 Å². The van der Waals surface area contributed by atoms with E-state index in [1.165, 1.54) is 6.92 Å². The molecular formula is C4H9NOS2. The number of thiol groups is 2. The van der Waals surface area contributed by atoms with Crippen LogP contribution in [0.4, 0.5) is 0 Å². The molecule has 0 aromatic rings. The maximum atomic E-state index is 10.5. The minimum absolute atomic E-state index is 0.119. The van der Waals surface area contributed by atoms with Crippen molar-refractivity contribution >= 4 is 31.0 Å². The molecule has 0 aromatic heterocycles. The fourth-order valence-corrected chi connectivity index (χ4v) is 0.144. The topological polar surface area (TPSA) is 43.1 Å². The zero-order chi connectivity index (χ0) is 6.78. The predicted octanol–water partition coefficient (Wildman–Crippen LogP) is 0.0900. The maximum Gasteiger partial charge on any atom is 0.156 e. The average Bonchev–Trinajstić information content (AvgIpc) is 1.67. The Labute approximate surface area is 59.6 Å². The molecule has 2 nitrogen and oxygen atoms in total. The van der Waals surface area contributed by atoms with Crippen LogP contribution in [0.15, 0.2) is 0 Å². The van der Waals surface area contributed by atoms with E-state index in [4.69, 9.17) is 5.73 Å². The van der Waals surface area contributed by atoms with Gasteiger partial charge in [0.1, 0.15) is 4.08 Å². The quantitative estimate of drug-likeness (QED) is 0.387. The molecule has 0 aliphatic heterocycles. The van der Waals surface area contributed by atoms with Crippen LogP contribution in [-0.4, -0.2) is 16.4 Å². The molecule has 0 heterocycles. The number of carbonyl (C=O) groups is 1. The van der Waals surface area contributed by atoms with Crippen molar-refractivity contribution in [3.05, 3.63) is 0 Å². The lowest BCUT2D eigenvalue weighted by Crippen LogP contribution is -2.32. The lowest BCUT2D eigenvalue weighted by atomic mass is 10.3. The molecule has 0 fully saturated rings. The Morgan fingerprint density at radius 1 is 1.75 bits per heavy atom. The summed E-state index contributed by atoms with van der Waals surface area (Å²) in [5.74, 6) is -0.119. The first-order valence-electron chi connectivity index (χ1n) is 2.16. The number of hydrogen-bond donors (Lipinski definition) is 3. The number of Topliss-reactive ketones (excluding diaryl/α,β-unsaturated/α-hetero) is 1. The Bertz CT molecular complexity index is 102. The molecule has 0 saturated heterocycles. The first kappa shape index (κ1) is 8.33. The van der Waals surface area contributed by atoms with Gasteiger partial charge in [0.25, 0.3) is 0 Å². The summed E-state index contributed by atoms with van der Waals surface area (Å²) in [5, 5.41) is 0. The highest BCUT2D eigenvalue weighted by molar-refractivity contribution is 8.02. The Balaban J connectivity index is 3.91. The van der Waals surface area contributed by atoms with Gasteiger partial charge in [-0.3, -0.25) is 4.79 Å². The maximum absolute atomic E-state index is 10.5. The Kier molecular flexibility index (Phi) is 2.87. The lowest BCUT2D eigenvalue weighted by Gasteiger charge is -2.14. The van der Waals surface area contributed by atoms with Crippen molar-refractivity contribution in [2.24, 2.45) is 5.73 Å². The second kappa shape index (κ2) is 2.75. The van der Waals surface area contributed by atoms with Gasteiger partial charge < -0.3 is 5.73 Å². The van der Waals surface area contributed by atoms with E-state index >= 15 is 0 Å². The van der Waals surface area contributed by atoms with Gasteiger partial charge in [-0.1, -0.05) is 0 Å². The first-order valence-corrected chi connectivity index (χ1v) is 3.06. The number of rotatable bonds is 2. The summed E-state index contributed by atoms with van der Waals surface area (Å²) < 4.78 is -0.931. The van der Waals surface area contributed by atoms with Gasteiger partial charge in [-0.15, -0.1) is 0 Å². The summed E-state index contributed by atoms with van der Waals surface area (Å²) in [6.45, 7) is 1.57. The van der Waals surface area contributed by atoms with Crippen LogP contribution in [0.25, 0.3) is 0 Å². The van der Waals surface area contributed by atoms with E-state index in [0.29, 0.717) is 0 Å². The average molecular weight is 151 g/mol. The van der Waals surface area contributed by atoms with Crippen molar-refractivity contribution in [1.29, 1.82) is 0 Å². The van der Waals surface area contributed by atoms with Crippen LogP contribution in [0.2, 0.25) is 0 Å². The Hall–Kier alpha value is 0.330. The third-order valence-corrected chi connectivity index (χ3v) is 1.84. The van der Waals surface area contributed by atoms with Crippen molar-refractivity contribution in [2.75, 3.05) is 6.54 Å². The van der Waals surface area contributed by atoms with Gasteiger partial charge in [0.2, 0.25) is 0 Å². The molecule has 0 bridgehead atoms. The molecule has 0 saturated carbocycles. The fourth-order valence-electron chi connectivity index (χ4n) is 0.144. The number of carbonyl (C=O) groups excluding carboxylic acids is 1. The summed E-state index contributed by atoms with van der Waals surface area (Å²) in [7, 11) is 0. The normalized spacial score (nSPS) is 11.5.